The second-order valence-corrected chi connectivity index (χ2v) is 5.32. The van der Waals surface area contributed by atoms with E-state index in [-0.39, 0.29) is 0 Å². The zero-order valence-corrected chi connectivity index (χ0v) is 13.1. The van der Waals surface area contributed by atoms with E-state index in [9.17, 15) is 0 Å². The first-order valence-corrected chi connectivity index (χ1v) is 7.55. The minimum atomic E-state index is 0.553. The molecule has 1 aromatic carbocycles. The molecule has 0 radical (unpaired) electrons. The van der Waals surface area contributed by atoms with Crippen LogP contribution in [-0.4, -0.2) is 11.5 Å². The van der Waals surface area contributed by atoms with E-state index in [1.54, 1.807) is 0 Å². The third-order valence-electron chi connectivity index (χ3n) is 3.38. The van der Waals surface area contributed by atoms with Gasteiger partial charge in [0.25, 0.3) is 0 Å². The molecule has 1 N–H and O–H groups in total. The normalized spacial score (nSPS) is 10.6. The van der Waals surface area contributed by atoms with Crippen LogP contribution in [0.4, 0.5) is 0 Å². The zero-order valence-electron chi connectivity index (χ0n) is 13.1. The van der Waals surface area contributed by atoms with Gasteiger partial charge in [-0.15, -0.1) is 0 Å². The fraction of sp³-hybridized carbons (Fsp3) is 0.389. The second-order valence-electron chi connectivity index (χ2n) is 5.32. The summed E-state index contributed by atoms with van der Waals surface area (Å²) in [4.78, 5) is 4.57. The van der Waals surface area contributed by atoms with E-state index < -0.39 is 0 Å². The molecule has 0 amide bonds. The topological polar surface area (TPSA) is 34.2 Å². The predicted octanol–water partition coefficient (Wildman–Crippen LogP) is 3.78. The van der Waals surface area contributed by atoms with Crippen molar-refractivity contribution in [1.29, 1.82) is 0 Å². The Kier molecular flexibility index (Phi) is 5.76. The number of rotatable bonds is 7. The Morgan fingerprint density at radius 1 is 1.14 bits per heavy atom. The molecule has 1 aromatic heterocycles. The molecule has 21 heavy (non-hydrogen) atoms. The third kappa shape index (κ3) is 4.57. The lowest BCUT2D eigenvalue weighted by Crippen LogP contribution is -2.16. The van der Waals surface area contributed by atoms with Crippen LogP contribution in [0.25, 0.3) is 0 Å². The van der Waals surface area contributed by atoms with Gasteiger partial charge in [-0.3, -0.25) is 0 Å². The largest absolute Gasteiger partial charge is 0.473 e. The number of nitrogens with zero attached hydrogens (tertiary/aromatic N) is 1. The summed E-state index contributed by atoms with van der Waals surface area (Å²) < 4.78 is 5.96. The second kappa shape index (κ2) is 7.79. The molecule has 0 atom stereocenters. The molecular formula is C18H24N2O. The average molecular weight is 284 g/mol. The van der Waals surface area contributed by atoms with Crippen molar-refractivity contribution in [2.45, 2.75) is 40.3 Å². The SMILES string of the molecule is CCCNCc1c(C)cc(C)nc1OCc1ccccc1. The summed E-state index contributed by atoms with van der Waals surface area (Å²) in [6, 6.07) is 12.3. The molecule has 0 aliphatic rings. The average Bonchev–Trinajstić information content (AvgIpc) is 2.48. The van der Waals surface area contributed by atoms with Crippen LogP contribution in [-0.2, 0) is 13.2 Å². The summed E-state index contributed by atoms with van der Waals surface area (Å²) in [7, 11) is 0. The molecule has 0 aliphatic carbocycles. The van der Waals surface area contributed by atoms with Crippen molar-refractivity contribution in [2.24, 2.45) is 0 Å². The summed E-state index contributed by atoms with van der Waals surface area (Å²) in [5.74, 6) is 0.750. The van der Waals surface area contributed by atoms with E-state index >= 15 is 0 Å². The Bertz CT molecular complexity index is 567. The fourth-order valence-corrected chi connectivity index (χ4v) is 2.28. The Hall–Kier alpha value is -1.87. The summed E-state index contributed by atoms with van der Waals surface area (Å²) in [5.41, 5.74) is 4.54. The Morgan fingerprint density at radius 2 is 1.90 bits per heavy atom. The molecule has 0 saturated heterocycles. The van der Waals surface area contributed by atoms with E-state index in [0.717, 1.165) is 42.2 Å². The number of ether oxygens (including phenoxy) is 1. The van der Waals surface area contributed by atoms with Crippen LogP contribution in [0.15, 0.2) is 36.4 Å². The number of hydrogen-bond acceptors (Lipinski definition) is 3. The molecule has 0 spiro atoms. The fourth-order valence-electron chi connectivity index (χ4n) is 2.28. The molecule has 3 heteroatoms. The molecule has 0 aliphatic heterocycles. The highest BCUT2D eigenvalue weighted by atomic mass is 16.5. The molecular weight excluding hydrogens is 260 g/mol. The van der Waals surface area contributed by atoms with Gasteiger partial charge in [0, 0.05) is 17.8 Å². The number of aryl methyl sites for hydroxylation is 2. The molecule has 3 nitrogen and oxygen atoms in total. The number of aromatic nitrogens is 1. The van der Waals surface area contributed by atoms with Gasteiger partial charge in [-0.1, -0.05) is 37.3 Å². The Balaban J connectivity index is 2.12. The van der Waals surface area contributed by atoms with Gasteiger partial charge in [0.2, 0.25) is 5.88 Å². The monoisotopic (exact) mass is 284 g/mol. The number of hydrogen-bond donors (Lipinski definition) is 1. The highest BCUT2D eigenvalue weighted by Crippen LogP contribution is 2.22. The maximum atomic E-state index is 5.96. The lowest BCUT2D eigenvalue weighted by molar-refractivity contribution is 0.288. The molecule has 0 bridgehead atoms. The molecule has 0 fully saturated rings. The van der Waals surface area contributed by atoms with Crippen LogP contribution in [0.1, 0.15) is 35.7 Å². The van der Waals surface area contributed by atoms with Crippen molar-refractivity contribution < 1.29 is 4.74 Å². The van der Waals surface area contributed by atoms with Gasteiger partial charge >= 0.3 is 0 Å². The van der Waals surface area contributed by atoms with Crippen molar-refractivity contribution in [3.63, 3.8) is 0 Å². The van der Waals surface area contributed by atoms with E-state index in [4.69, 9.17) is 4.74 Å². The van der Waals surface area contributed by atoms with Crippen LogP contribution in [0, 0.1) is 13.8 Å². The van der Waals surface area contributed by atoms with Crippen molar-refractivity contribution in [1.82, 2.24) is 10.3 Å². The summed E-state index contributed by atoms with van der Waals surface area (Å²) in [6.45, 7) is 8.65. The molecule has 0 unspecified atom stereocenters. The highest BCUT2D eigenvalue weighted by Gasteiger charge is 2.10. The zero-order chi connectivity index (χ0) is 15.1. The first kappa shape index (κ1) is 15.5. The lowest BCUT2D eigenvalue weighted by Gasteiger charge is -2.14. The molecule has 1 heterocycles. The van der Waals surface area contributed by atoms with Gasteiger partial charge in [0.05, 0.1) is 0 Å². The minimum Gasteiger partial charge on any atom is -0.473 e. The van der Waals surface area contributed by atoms with Gasteiger partial charge in [0.15, 0.2) is 0 Å². The molecule has 0 saturated carbocycles. The van der Waals surface area contributed by atoms with E-state index in [2.05, 4.69) is 42.3 Å². The predicted molar refractivity (Wildman–Crippen MR) is 86.5 cm³/mol. The van der Waals surface area contributed by atoms with Crippen LogP contribution in [0.2, 0.25) is 0 Å². The van der Waals surface area contributed by atoms with Gasteiger partial charge in [-0.2, -0.15) is 0 Å². The standard InChI is InChI=1S/C18H24N2O/c1-4-10-19-12-17-14(2)11-15(3)20-18(17)21-13-16-8-6-5-7-9-16/h5-9,11,19H,4,10,12-13H2,1-3H3. The van der Waals surface area contributed by atoms with Gasteiger partial charge in [-0.25, -0.2) is 4.98 Å². The maximum Gasteiger partial charge on any atom is 0.218 e. The molecule has 112 valence electrons. The van der Waals surface area contributed by atoms with Crippen LogP contribution >= 0.6 is 0 Å². The van der Waals surface area contributed by atoms with Crippen molar-refractivity contribution in [3.8, 4) is 5.88 Å². The van der Waals surface area contributed by atoms with Gasteiger partial charge in [-0.05, 0) is 44.0 Å². The first-order chi connectivity index (χ1) is 10.2. The quantitative estimate of drug-likeness (QED) is 0.786. The smallest absolute Gasteiger partial charge is 0.218 e. The minimum absolute atomic E-state index is 0.553. The maximum absolute atomic E-state index is 5.96. The van der Waals surface area contributed by atoms with E-state index in [1.165, 1.54) is 5.56 Å². The van der Waals surface area contributed by atoms with E-state index in [1.807, 2.05) is 25.1 Å². The van der Waals surface area contributed by atoms with Gasteiger partial charge in [0.1, 0.15) is 6.61 Å². The molecule has 2 aromatic rings. The van der Waals surface area contributed by atoms with Crippen molar-refractivity contribution in [2.75, 3.05) is 6.54 Å². The Morgan fingerprint density at radius 3 is 2.62 bits per heavy atom. The van der Waals surface area contributed by atoms with Crippen molar-refractivity contribution in [3.05, 3.63) is 58.8 Å². The van der Waals surface area contributed by atoms with E-state index in [0.29, 0.717) is 6.61 Å². The third-order valence-corrected chi connectivity index (χ3v) is 3.38. The van der Waals surface area contributed by atoms with Gasteiger partial charge < -0.3 is 10.1 Å². The molecule has 2 rings (SSSR count). The number of nitrogens with one attached hydrogen (secondary N) is 1. The highest BCUT2D eigenvalue weighted by molar-refractivity contribution is 5.36. The van der Waals surface area contributed by atoms with Crippen LogP contribution in [0.5, 0.6) is 5.88 Å². The number of benzene rings is 1. The summed E-state index contributed by atoms with van der Waals surface area (Å²) in [5, 5.41) is 3.43. The number of pyridine rings is 1. The first-order valence-electron chi connectivity index (χ1n) is 7.55. The summed E-state index contributed by atoms with van der Waals surface area (Å²) >= 11 is 0. The van der Waals surface area contributed by atoms with Crippen LogP contribution < -0.4 is 10.1 Å². The van der Waals surface area contributed by atoms with Crippen molar-refractivity contribution >= 4 is 0 Å². The Labute approximate surface area is 127 Å². The summed E-state index contributed by atoms with van der Waals surface area (Å²) in [6.07, 6.45) is 1.12. The lowest BCUT2D eigenvalue weighted by atomic mass is 10.1. The van der Waals surface area contributed by atoms with Crippen LogP contribution in [0.3, 0.4) is 0 Å².